The number of hydrogen-bond acceptors (Lipinski definition) is 8. The average molecular weight is 1230 g/mol. The summed E-state index contributed by atoms with van der Waals surface area (Å²) in [6.07, 6.45) is 68.0. The molecule has 482 valence electrons. The van der Waals surface area contributed by atoms with Gasteiger partial charge in [-0.2, -0.15) is 0 Å². The summed E-state index contributed by atoms with van der Waals surface area (Å²) in [5, 5.41) is 40.9. The molecule has 0 amide bonds. The van der Waals surface area contributed by atoms with Crippen molar-refractivity contribution in [3.63, 3.8) is 0 Å². The number of unbranched alkanes of at least 4 members (excludes halogenated alkanes) is 44. The number of aliphatic carboxylic acids is 4. The number of carbonyl (C=O) groups is 4. The predicted octanol–water partition coefficient (Wildman–Crippen LogP) is 19.4. The Bertz CT molecular complexity index is 1040. The molecule has 0 radical (unpaired) electrons. The number of carboxylic acid groups (broad SMARTS) is 4. The minimum Gasteiger partial charge on any atom is -0.550 e. The largest absolute Gasteiger partial charge is 4.00 e. The smallest absolute Gasteiger partial charge is 0.550 e. The molecule has 0 N–H and O–H groups in total. The van der Waals surface area contributed by atoms with Crippen molar-refractivity contribution in [3.05, 3.63) is 0 Å². The molecule has 81 heavy (non-hydrogen) atoms. The van der Waals surface area contributed by atoms with Crippen molar-refractivity contribution in [1.29, 1.82) is 0 Å². The Balaban J connectivity index is -0.000000316. The standard InChI is InChI=1S/4C18H36O2.Mo/c4*1-17(2)15-13-11-9-7-5-3-4-6-8-10-12-14-16-18(19)20;/h4*17H,3-16H2,1-2H3,(H,19,20);/q;;;;+4/p-4. The number of rotatable bonds is 60. The quantitative estimate of drug-likeness (QED) is 0.0430. The zero-order chi connectivity index (χ0) is 60.2. The van der Waals surface area contributed by atoms with Gasteiger partial charge < -0.3 is 39.6 Å². The predicted molar refractivity (Wildman–Crippen MR) is 338 cm³/mol. The Morgan fingerprint density at radius 2 is 0.272 bits per heavy atom. The molecule has 0 aromatic carbocycles. The van der Waals surface area contributed by atoms with E-state index in [1.54, 1.807) is 0 Å². The second-order valence-corrected chi connectivity index (χ2v) is 26.2. The first kappa shape index (κ1) is 88.3. The third-order valence-electron chi connectivity index (χ3n) is 15.6. The van der Waals surface area contributed by atoms with Gasteiger partial charge in [0.2, 0.25) is 0 Å². The van der Waals surface area contributed by atoms with E-state index in [2.05, 4.69) is 55.4 Å². The van der Waals surface area contributed by atoms with E-state index in [4.69, 9.17) is 0 Å². The van der Waals surface area contributed by atoms with E-state index in [0.29, 0.717) is 0 Å². The summed E-state index contributed by atoms with van der Waals surface area (Å²) in [6.45, 7) is 18.4. The van der Waals surface area contributed by atoms with E-state index in [1.807, 2.05) is 0 Å². The van der Waals surface area contributed by atoms with Crippen LogP contribution in [0.5, 0.6) is 0 Å². The van der Waals surface area contributed by atoms with Crippen LogP contribution in [0, 0.1) is 23.7 Å². The molecule has 0 aliphatic rings. The summed E-state index contributed by atoms with van der Waals surface area (Å²) in [6, 6.07) is 0. The van der Waals surface area contributed by atoms with Crippen LogP contribution in [-0.2, 0) is 40.2 Å². The molecule has 0 spiro atoms. The normalized spacial score (nSPS) is 11.0. The summed E-state index contributed by atoms with van der Waals surface area (Å²) >= 11 is 0. The maximum atomic E-state index is 10.2. The van der Waals surface area contributed by atoms with Gasteiger partial charge in [-0.15, -0.1) is 0 Å². The summed E-state index contributed by atoms with van der Waals surface area (Å²) in [4.78, 5) is 40.9. The molecule has 0 aromatic rings. The maximum Gasteiger partial charge on any atom is 4.00 e. The van der Waals surface area contributed by atoms with Gasteiger partial charge in [-0.05, 0) is 75.0 Å². The number of hydrogen-bond donors (Lipinski definition) is 0. The van der Waals surface area contributed by atoms with Crippen LogP contribution in [0.2, 0.25) is 0 Å². The van der Waals surface area contributed by atoms with E-state index in [1.165, 1.54) is 283 Å². The first-order chi connectivity index (χ1) is 38.5. The van der Waals surface area contributed by atoms with Gasteiger partial charge in [0.1, 0.15) is 0 Å². The first-order valence-corrected chi connectivity index (χ1v) is 35.3. The van der Waals surface area contributed by atoms with Gasteiger partial charge in [0, 0.05) is 23.9 Å². The van der Waals surface area contributed by atoms with Crippen LogP contribution in [0.15, 0.2) is 0 Å². The molecule has 9 heteroatoms. The second kappa shape index (κ2) is 76.6. The van der Waals surface area contributed by atoms with Gasteiger partial charge >= 0.3 is 21.1 Å². The second-order valence-electron chi connectivity index (χ2n) is 26.2. The van der Waals surface area contributed by atoms with E-state index < -0.39 is 23.9 Å². The van der Waals surface area contributed by atoms with E-state index in [-0.39, 0.29) is 46.7 Å². The van der Waals surface area contributed by atoms with E-state index in [9.17, 15) is 39.6 Å². The fourth-order valence-electron chi connectivity index (χ4n) is 10.4. The molecular formula is C72H140MoO8. The van der Waals surface area contributed by atoms with Gasteiger partial charge in [-0.25, -0.2) is 0 Å². The third-order valence-corrected chi connectivity index (χ3v) is 15.6. The minimum absolute atomic E-state index is 0. The fourth-order valence-corrected chi connectivity index (χ4v) is 10.4. The van der Waals surface area contributed by atoms with Crippen molar-refractivity contribution in [2.45, 2.75) is 415 Å². The first-order valence-electron chi connectivity index (χ1n) is 35.3. The maximum absolute atomic E-state index is 10.2. The summed E-state index contributed by atoms with van der Waals surface area (Å²) in [5.41, 5.74) is 0. The van der Waals surface area contributed by atoms with Gasteiger partial charge in [0.15, 0.2) is 0 Å². The molecule has 0 aliphatic carbocycles. The molecule has 0 aromatic heterocycles. The van der Waals surface area contributed by atoms with E-state index in [0.717, 1.165) is 75.0 Å². The molecule has 0 atom stereocenters. The number of carbonyl (C=O) groups excluding carboxylic acids is 4. The topological polar surface area (TPSA) is 161 Å². The Hall–Kier alpha value is -1.43. The van der Waals surface area contributed by atoms with Crippen LogP contribution >= 0.6 is 0 Å². The zero-order valence-corrected chi connectivity index (χ0v) is 57.6. The fraction of sp³-hybridized carbons (Fsp3) is 0.944. The Labute approximate surface area is 520 Å². The molecule has 0 saturated heterocycles. The van der Waals surface area contributed by atoms with Crippen LogP contribution in [0.4, 0.5) is 0 Å². The minimum atomic E-state index is -0.904. The van der Waals surface area contributed by atoms with Gasteiger partial charge in [0.05, 0.1) is 0 Å². The summed E-state index contributed by atoms with van der Waals surface area (Å²) in [7, 11) is 0. The van der Waals surface area contributed by atoms with Gasteiger partial charge in [0.25, 0.3) is 0 Å². The molecule has 0 bridgehead atoms. The van der Waals surface area contributed by atoms with Crippen molar-refractivity contribution < 1.29 is 60.7 Å². The van der Waals surface area contributed by atoms with Crippen LogP contribution in [0.3, 0.4) is 0 Å². The monoisotopic (exact) mass is 1230 g/mol. The Morgan fingerprint density at radius 3 is 0.358 bits per heavy atom. The van der Waals surface area contributed by atoms with Crippen LogP contribution in [0.1, 0.15) is 415 Å². The molecule has 0 heterocycles. The van der Waals surface area contributed by atoms with Crippen molar-refractivity contribution in [2.75, 3.05) is 0 Å². The Kier molecular flexibility index (Phi) is 83.5. The van der Waals surface area contributed by atoms with Crippen LogP contribution in [0.25, 0.3) is 0 Å². The SMILES string of the molecule is CC(C)CCCCCCCCCCCCCCC(=O)[O-].CC(C)CCCCCCCCCCCCCCC(=O)[O-].CC(C)CCCCCCCCCCCCCCC(=O)[O-].CC(C)CCCCCCCCCCCCCCC(=O)[O-].[Mo+4]. The van der Waals surface area contributed by atoms with Gasteiger partial charge in [-0.3, -0.25) is 0 Å². The van der Waals surface area contributed by atoms with E-state index >= 15 is 0 Å². The van der Waals surface area contributed by atoms with Crippen molar-refractivity contribution in [3.8, 4) is 0 Å². The molecule has 0 fully saturated rings. The van der Waals surface area contributed by atoms with Crippen LogP contribution in [-0.4, -0.2) is 23.9 Å². The molecule has 0 rings (SSSR count). The molecular weight excluding hydrogens is 1090 g/mol. The van der Waals surface area contributed by atoms with Crippen molar-refractivity contribution >= 4 is 23.9 Å². The van der Waals surface area contributed by atoms with Crippen LogP contribution < -0.4 is 20.4 Å². The summed E-state index contributed by atoms with van der Waals surface area (Å²) in [5.74, 6) is -0.166. The third kappa shape index (κ3) is 104. The Morgan fingerprint density at radius 1 is 0.185 bits per heavy atom. The van der Waals surface area contributed by atoms with Gasteiger partial charge in [-0.1, -0.05) is 364 Å². The van der Waals surface area contributed by atoms with Crippen molar-refractivity contribution in [2.24, 2.45) is 23.7 Å². The zero-order valence-electron chi connectivity index (χ0n) is 55.6. The average Bonchev–Trinajstić information content (AvgIpc) is 3.39. The molecule has 0 aliphatic heterocycles. The summed E-state index contributed by atoms with van der Waals surface area (Å²) < 4.78 is 0. The molecule has 0 unspecified atom stereocenters. The number of carboxylic acids is 4. The molecule has 0 saturated carbocycles. The van der Waals surface area contributed by atoms with Crippen molar-refractivity contribution in [1.82, 2.24) is 0 Å². The molecule has 8 nitrogen and oxygen atoms in total.